The highest BCUT2D eigenvalue weighted by Gasteiger charge is 2.42. The maximum absolute atomic E-state index is 13.3. The van der Waals surface area contributed by atoms with Gasteiger partial charge in [0.1, 0.15) is 18.1 Å². The number of fused-ring (bicyclic) bond motifs is 2. The molecule has 85 heavy (non-hydrogen) atoms. The monoisotopic (exact) mass is 1300 g/mol. The van der Waals surface area contributed by atoms with E-state index in [1.54, 1.807) is 41.5 Å². The molecule has 2 aromatic carbocycles. The highest BCUT2D eigenvalue weighted by atomic mass is 79.9. The molecule has 8 rings (SSSR count). The van der Waals surface area contributed by atoms with Gasteiger partial charge in [-0.1, -0.05) is 68.3 Å². The Labute approximate surface area is 511 Å². The molecule has 23 nitrogen and oxygen atoms in total. The van der Waals surface area contributed by atoms with Crippen molar-refractivity contribution in [3.63, 3.8) is 0 Å². The molecule has 0 radical (unpaired) electrons. The second kappa shape index (κ2) is 30.1. The lowest BCUT2D eigenvalue weighted by atomic mass is 9.93. The van der Waals surface area contributed by atoms with Gasteiger partial charge in [-0.05, 0) is 117 Å². The van der Waals surface area contributed by atoms with E-state index in [1.165, 1.54) is 22.2 Å². The number of hydrazine groups is 2. The van der Waals surface area contributed by atoms with Crippen LogP contribution in [0.5, 0.6) is 0 Å². The van der Waals surface area contributed by atoms with E-state index < -0.39 is 76.9 Å². The van der Waals surface area contributed by atoms with Crippen molar-refractivity contribution in [2.75, 3.05) is 39.5 Å². The summed E-state index contributed by atoms with van der Waals surface area (Å²) in [6, 6.07) is 16.3. The number of carboxylic acids is 1. The number of halogens is 2. The Morgan fingerprint density at radius 3 is 1.45 bits per heavy atom. The summed E-state index contributed by atoms with van der Waals surface area (Å²) in [5.41, 5.74) is 13.0. The number of hydrogen-bond donors (Lipinski definition) is 7. The molecule has 6 heterocycles. The first kappa shape index (κ1) is 67.4. The fourth-order valence-electron chi connectivity index (χ4n) is 8.85. The number of benzene rings is 2. The minimum Gasteiger partial charge on any atom is -0.478 e. The zero-order valence-electron chi connectivity index (χ0n) is 49.2. The summed E-state index contributed by atoms with van der Waals surface area (Å²) in [4.78, 5) is 109. The van der Waals surface area contributed by atoms with Crippen LogP contribution >= 0.6 is 31.9 Å². The van der Waals surface area contributed by atoms with Crippen LogP contribution in [-0.2, 0) is 57.3 Å². The molecule has 2 aromatic heterocycles. The highest BCUT2D eigenvalue weighted by molar-refractivity contribution is 9.10. The van der Waals surface area contributed by atoms with E-state index in [4.69, 9.17) is 29.8 Å². The van der Waals surface area contributed by atoms with Gasteiger partial charge in [-0.15, -0.1) is 13.2 Å². The molecule has 4 fully saturated rings. The number of carboxylic acid groups (broad SMARTS) is 1. The number of carbonyl (C=O) groups excluding carboxylic acids is 7. The van der Waals surface area contributed by atoms with Gasteiger partial charge < -0.3 is 45.7 Å². The van der Waals surface area contributed by atoms with E-state index in [1.807, 2.05) is 74.5 Å². The van der Waals surface area contributed by atoms with Crippen LogP contribution in [0.4, 0.5) is 0 Å². The molecular weight excluding hydrogens is 1230 g/mol. The van der Waals surface area contributed by atoms with Crippen molar-refractivity contribution >= 4 is 101 Å². The van der Waals surface area contributed by atoms with Crippen molar-refractivity contribution in [3.8, 4) is 0 Å². The normalized spacial score (nSPS) is 19.4. The number of hydrogen-bond acceptors (Lipinski definition) is 17. The summed E-state index contributed by atoms with van der Waals surface area (Å²) in [6.07, 6.45) is 3.23. The molecule has 0 spiro atoms. The maximum Gasteiger partial charge on any atom is 0.345 e. The number of nitrogens with one attached hydrogen (secondary N) is 5. The third-order valence-electron chi connectivity index (χ3n) is 14.8. The molecule has 0 saturated carbocycles. The van der Waals surface area contributed by atoms with Crippen molar-refractivity contribution in [2.24, 2.45) is 28.4 Å². The Hall–Kier alpha value is -6.74. The topological polar surface area (TPSA) is 312 Å². The van der Waals surface area contributed by atoms with Crippen LogP contribution in [0.1, 0.15) is 105 Å². The third-order valence-corrected chi connectivity index (χ3v) is 15.8. The summed E-state index contributed by atoms with van der Waals surface area (Å²) in [7, 11) is 0. The number of nitrogens with zero attached hydrogens (tertiary/aromatic N) is 4. The van der Waals surface area contributed by atoms with Gasteiger partial charge in [-0.25, -0.2) is 15.6 Å². The Balaban J connectivity index is 0.000000229. The molecule has 0 bridgehead atoms. The van der Waals surface area contributed by atoms with Crippen LogP contribution in [0.3, 0.4) is 0 Å². The standard InChI is InChI=1S/C30H38BrN5O6.C19H24BrN5O2.C11H16O5/c1-6-30(4,5)29(40)42-25(20-15-41-16-20)27(38)33-18(3)28(39)36-13-7-8-23(35-36)26(37)32-17(2)22-12-10-19-9-11-21(31)14-24(19)34-22;1-11(21)19(27)25-9-3-4-16(24-25)18(26)22-12(2)15-8-6-13-5-7-14(20)10-17(13)23-15;1-4-11(2,3)10(14)16-8(9(12)13)7-5-15-6-7/h6,9-12,14,17-18,20,23,25,35H,1,7-8,13,15-16H2,2-5H3,(H,32,37)(H,33,38);5-8,10-12,16,24H,3-4,9,21H2,1-2H3,(H,22,26);4,7-8H,1,5-6H2,2-3H3,(H,12,13)/t17-,18+,23+,25?;11-,12+,16-;/m10./s1. The number of pyridine rings is 2. The van der Waals surface area contributed by atoms with Crippen molar-refractivity contribution in [1.82, 2.24) is 46.8 Å². The average Bonchev–Trinajstić information content (AvgIpc) is 3.26. The van der Waals surface area contributed by atoms with Gasteiger partial charge in [0.05, 0.1) is 89.6 Å². The molecule has 8 N–H and O–H groups in total. The van der Waals surface area contributed by atoms with Crippen molar-refractivity contribution < 1.29 is 62.4 Å². The fraction of sp³-hybridized carbons (Fsp3) is 0.500. The van der Waals surface area contributed by atoms with E-state index in [9.17, 15) is 38.4 Å². The second-order valence-electron chi connectivity index (χ2n) is 22.7. The largest absolute Gasteiger partial charge is 0.478 e. The van der Waals surface area contributed by atoms with E-state index in [0.717, 1.165) is 48.6 Å². The molecule has 460 valence electrons. The molecule has 25 heteroatoms. The van der Waals surface area contributed by atoms with E-state index >= 15 is 0 Å². The Bertz CT molecular complexity index is 3120. The van der Waals surface area contributed by atoms with Crippen LogP contribution in [0, 0.1) is 22.7 Å². The van der Waals surface area contributed by atoms with Gasteiger partial charge >= 0.3 is 17.9 Å². The first-order chi connectivity index (χ1) is 40.1. The van der Waals surface area contributed by atoms with Crippen LogP contribution < -0.4 is 32.5 Å². The molecule has 0 aliphatic carbocycles. The molecule has 4 aliphatic rings. The SMILES string of the molecule is C=CC(C)(C)C(=O)OC(C(=O)N[C@@H](C)C(=O)N1CCC[C@@H](C(=O)N[C@H](C)c2ccc3ccc(Br)cc3n2)N1)C1COC1.C=CC(C)(C)C(=O)OC(C(=O)O)C1COC1.C[C@H](N)C(=O)N1CCC[C@@H](C(=O)N[C@H](C)c2ccc3ccc(Br)cc3n2)N1. The highest BCUT2D eigenvalue weighted by Crippen LogP contribution is 2.28. The van der Waals surface area contributed by atoms with Gasteiger partial charge in [0.25, 0.3) is 17.7 Å². The third kappa shape index (κ3) is 18.2. The lowest BCUT2D eigenvalue weighted by molar-refractivity contribution is -0.184. The number of amides is 5. The lowest BCUT2D eigenvalue weighted by Crippen LogP contribution is -2.61. The second-order valence-corrected chi connectivity index (χ2v) is 24.5. The fourth-order valence-corrected chi connectivity index (χ4v) is 9.54. The quantitative estimate of drug-likeness (QED) is 0.0431. The Kier molecular flexibility index (Phi) is 23.8. The van der Waals surface area contributed by atoms with Gasteiger partial charge in [0.15, 0.2) is 6.10 Å². The minimum atomic E-state index is -1.14. The molecule has 4 saturated heterocycles. The van der Waals surface area contributed by atoms with Gasteiger partial charge in [-0.2, -0.15) is 0 Å². The van der Waals surface area contributed by atoms with Crippen LogP contribution in [-0.4, -0.2) is 148 Å². The van der Waals surface area contributed by atoms with Crippen LogP contribution in [0.2, 0.25) is 0 Å². The number of rotatable bonds is 19. The molecule has 8 atom stereocenters. The number of aromatic nitrogens is 2. The van der Waals surface area contributed by atoms with Crippen molar-refractivity contribution in [1.29, 1.82) is 0 Å². The first-order valence-electron chi connectivity index (χ1n) is 28.1. The smallest absolute Gasteiger partial charge is 0.345 e. The van der Waals surface area contributed by atoms with Crippen LogP contribution in [0.15, 0.2) is 94.9 Å². The number of ether oxygens (including phenoxy) is 4. The predicted octanol–water partition coefficient (Wildman–Crippen LogP) is 5.80. The Morgan fingerprint density at radius 1 is 0.659 bits per heavy atom. The minimum absolute atomic E-state index is 0.152. The molecule has 4 aromatic rings. The molecular formula is C60H78Br2N10O13. The zero-order chi connectivity index (χ0) is 62.5. The molecule has 2 unspecified atom stereocenters. The Morgan fingerprint density at radius 2 is 1.06 bits per heavy atom. The van der Waals surface area contributed by atoms with Crippen LogP contribution in [0.25, 0.3) is 21.8 Å². The molecule has 4 aliphatic heterocycles. The number of nitrogens with two attached hydrogens (primary N) is 1. The molecule has 5 amide bonds. The summed E-state index contributed by atoms with van der Waals surface area (Å²) in [5.74, 6) is -4.46. The van der Waals surface area contributed by atoms with E-state index in [0.29, 0.717) is 45.6 Å². The van der Waals surface area contributed by atoms with E-state index in [-0.39, 0.29) is 54.9 Å². The summed E-state index contributed by atoms with van der Waals surface area (Å²) >= 11 is 6.92. The lowest BCUT2D eigenvalue weighted by Gasteiger charge is -2.36. The van der Waals surface area contributed by atoms with E-state index in [2.05, 4.69) is 81.8 Å². The van der Waals surface area contributed by atoms with Gasteiger partial charge in [0, 0.05) is 32.8 Å². The van der Waals surface area contributed by atoms with Gasteiger partial charge in [-0.3, -0.25) is 53.5 Å². The zero-order valence-corrected chi connectivity index (χ0v) is 52.3. The number of esters is 2. The van der Waals surface area contributed by atoms with Crippen molar-refractivity contribution in [2.45, 2.75) is 130 Å². The van der Waals surface area contributed by atoms with Crippen molar-refractivity contribution in [3.05, 3.63) is 106 Å². The summed E-state index contributed by atoms with van der Waals surface area (Å²) < 4.78 is 22.5. The summed E-state index contributed by atoms with van der Waals surface area (Å²) in [6.45, 7) is 22.8. The maximum atomic E-state index is 13.3. The van der Waals surface area contributed by atoms with Gasteiger partial charge in [0.2, 0.25) is 17.9 Å². The predicted molar refractivity (Wildman–Crippen MR) is 323 cm³/mol. The summed E-state index contributed by atoms with van der Waals surface area (Å²) in [5, 5.41) is 22.4. The average molecular weight is 1310 g/mol. The number of carbonyl (C=O) groups is 8. The first-order valence-corrected chi connectivity index (χ1v) is 29.7. The number of aliphatic carboxylic acids is 1.